The molecular formula is C15H12BrF2NO2. The van der Waals surface area contributed by atoms with Crippen LogP contribution in [0, 0.1) is 18.6 Å². The number of carbonyl (C=O) groups excluding carboxylic acids is 1. The Morgan fingerprint density at radius 3 is 2.67 bits per heavy atom. The fourth-order valence-corrected chi connectivity index (χ4v) is 2.06. The van der Waals surface area contributed by atoms with Gasteiger partial charge in [-0.05, 0) is 52.7 Å². The van der Waals surface area contributed by atoms with Gasteiger partial charge in [-0.25, -0.2) is 13.6 Å². The van der Waals surface area contributed by atoms with Gasteiger partial charge in [0.15, 0.2) is 0 Å². The van der Waals surface area contributed by atoms with Crippen molar-refractivity contribution in [1.82, 2.24) is 0 Å². The highest BCUT2D eigenvalue weighted by Gasteiger charge is 2.15. The number of esters is 1. The van der Waals surface area contributed by atoms with E-state index < -0.39 is 24.2 Å². The second-order valence-corrected chi connectivity index (χ2v) is 5.32. The number of halogens is 3. The first-order valence-corrected chi connectivity index (χ1v) is 6.85. The van der Waals surface area contributed by atoms with Crippen molar-refractivity contribution in [2.45, 2.75) is 13.5 Å². The van der Waals surface area contributed by atoms with Crippen LogP contribution in [0.1, 0.15) is 21.5 Å². The van der Waals surface area contributed by atoms with Crippen LogP contribution in [0.2, 0.25) is 0 Å². The number of anilines is 1. The molecular weight excluding hydrogens is 344 g/mol. The Kier molecular flexibility index (Phi) is 4.57. The maximum absolute atomic E-state index is 13.7. The zero-order valence-electron chi connectivity index (χ0n) is 11.1. The summed E-state index contributed by atoms with van der Waals surface area (Å²) in [5.74, 6) is -2.25. The van der Waals surface area contributed by atoms with Gasteiger partial charge in [0.1, 0.15) is 18.2 Å². The van der Waals surface area contributed by atoms with Gasteiger partial charge >= 0.3 is 5.97 Å². The molecule has 0 bridgehead atoms. The third kappa shape index (κ3) is 3.39. The van der Waals surface area contributed by atoms with Gasteiger partial charge in [-0.1, -0.05) is 6.07 Å². The van der Waals surface area contributed by atoms with Crippen molar-refractivity contribution in [3.63, 3.8) is 0 Å². The lowest BCUT2D eigenvalue weighted by Gasteiger charge is -2.09. The summed E-state index contributed by atoms with van der Waals surface area (Å²) in [5.41, 5.74) is 6.90. The fraction of sp³-hybridized carbons (Fsp3) is 0.133. The van der Waals surface area contributed by atoms with Crippen molar-refractivity contribution in [2.24, 2.45) is 0 Å². The number of ether oxygens (including phenoxy) is 1. The van der Waals surface area contributed by atoms with Crippen LogP contribution in [-0.4, -0.2) is 5.97 Å². The van der Waals surface area contributed by atoms with Crippen molar-refractivity contribution in [3.8, 4) is 0 Å². The minimum atomic E-state index is -0.786. The number of hydrogen-bond donors (Lipinski definition) is 1. The predicted octanol–water partition coefficient (Wildman–Crippen LogP) is 3.97. The standard InChI is InChI=1S/C15H12BrF2NO2/c1-8-2-3-9(6-13(8)19)15(20)21-7-10-12(17)5-4-11(16)14(10)18/h2-6H,7,19H2,1H3. The second kappa shape index (κ2) is 6.22. The molecule has 0 aromatic heterocycles. The fourth-order valence-electron chi connectivity index (χ4n) is 1.69. The van der Waals surface area contributed by atoms with Gasteiger partial charge in [-0.2, -0.15) is 0 Å². The zero-order chi connectivity index (χ0) is 15.6. The van der Waals surface area contributed by atoms with Gasteiger partial charge < -0.3 is 10.5 Å². The monoisotopic (exact) mass is 355 g/mol. The summed E-state index contributed by atoms with van der Waals surface area (Å²) in [6, 6.07) is 7.02. The molecule has 2 rings (SSSR count). The molecule has 2 aromatic carbocycles. The van der Waals surface area contributed by atoms with E-state index in [-0.39, 0.29) is 15.6 Å². The molecule has 0 fully saturated rings. The average Bonchev–Trinajstić information content (AvgIpc) is 2.45. The van der Waals surface area contributed by atoms with Gasteiger partial charge in [0.2, 0.25) is 0 Å². The third-order valence-electron chi connectivity index (χ3n) is 3.00. The Bertz CT molecular complexity index is 704. The van der Waals surface area contributed by atoms with Crippen LogP contribution >= 0.6 is 15.9 Å². The predicted molar refractivity (Wildman–Crippen MR) is 78.8 cm³/mol. The first-order chi connectivity index (χ1) is 9.90. The molecule has 0 radical (unpaired) electrons. The molecule has 2 N–H and O–H groups in total. The van der Waals surface area contributed by atoms with E-state index in [0.29, 0.717) is 5.69 Å². The van der Waals surface area contributed by atoms with Crippen molar-refractivity contribution in [1.29, 1.82) is 0 Å². The lowest BCUT2D eigenvalue weighted by Crippen LogP contribution is -2.08. The van der Waals surface area contributed by atoms with Gasteiger partial charge in [0.25, 0.3) is 0 Å². The molecule has 6 heteroatoms. The minimum absolute atomic E-state index is 0.106. The van der Waals surface area contributed by atoms with Gasteiger partial charge in [-0.3, -0.25) is 0 Å². The molecule has 0 aliphatic heterocycles. The lowest BCUT2D eigenvalue weighted by atomic mass is 10.1. The number of carbonyl (C=O) groups is 1. The minimum Gasteiger partial charge on any atom is -0.457 e. The Balaban J connectivity index is 2.15. The molecule has 0 spiro atoms. The topological polar surface area (TPSA) is 52.3 Å². The molecule has 0 amide bonds. The first kappa shape index (κ1) is 15.4. The summed E-state index contributed by atoms with van der Waals surface area (Å²) < 4.78 is 32.3. The molecule has 0 saturated heterocycles. The van der Waals surface area contributed by atoms with E-state index in [1.807, 2.05) is 0 Å². The molecule has 0 aliphatic carbocycles. The highest BCUT2D eigenvalue weighted by molar-refractivity contribution is 9.10. The normalized spacial score (nSPS) is 10.5. The summed E-state index contributed by atoms with van der Waals surface area (Å²) >= 11 is 2.95. The van der Waals surface area contributed by atoms with Crippen LogP contribution in [0.25, 0.3) is 0 Å². The largest absolute Gasteiger partial charge is 0.457 e. The van der Waals surface area contributed by atoms with Crippen LogP contribution in [0.5, 0.6) is 0 Å². The second-order valence-electron chi connectivity index (χ2n) is 4.47. The summed E-state index contributed by atoms with van der Waals surface area (Å²) in [7, 11) is 0. The van der Waals surface area contributed by atoms with Crippen LogP contribution in [-0.2, 0) is 11.3 Å². The van der Waals surface area contributed by atoms with Gasteiger partial charge in [0.05, 0.1) is 15.6 Å². The van der Waals surface area contributed by atoms with Gasteiger partial charge in [-0.15, -0.1) is 0 Å². The van der Waals surface area contributed by atoms with Crippen molar-refractivity contribution < 1.29 is 18.3 Å². The maximum atomic E-state index is 13.7. The van der Waals surface area contributed by atoms with Crippen LogP contribution < -0.4 is 5.73 Å². The van der Waals surface area contributed by atoms with Crippen LogP contribution in [0.15, 0.2) is 34.8 Å². The van der Waals surface area contributed by atoms with Crippen molar-refractivity contribution in [3.05, 3.63) is 63.1 Å². The molecule has 3 nitrogen and oxygen atoms in total. The first-order valence-electron chi connectivity index (χ1n) is 6.05. The number of aryl methyl sites for hydroxylation is 1. The van der Waals surface area contributed by atoms with E-state index in [2.05, 4.69) is 15.9 Å². The number of nitrogens with two attached hydrogens (primary N) is 1. The summed E-state index contributed by atoms with van der Waals surface area (Å²) in [5, 5.41) is 0. The highest BCUT2D eigenvalue weighted by Crippen LogP contribution is 2.23. The molecule has 21 heavy (non-hydrogen) atoms. The molecule has 0 aliphatic rings. The quantitative estimate of drug-likeness (QED) is 0.514. The van der Waals surface area contributed by atoms with E-state index in [0.717, 1.165) is 11.6 Å². The Labute approximate surface area is 128 Å². The molecule has 0 heterocycles. The zero-order valence-corrected chi connectivity index (χ0v) is 12.7. The van der Waals surface area contributed by atoms with Crippen LogP contribution in [0.4, 0.5) is 14.5 Å². The van der Waals surface area contributed by atoms with E-state index in [1.165, 1.54) is 12.1 Å². The summed E-state index contributed by atoms with van der Waals surface area (Å²) in [4.78, 5) is 11.9. The Morgan fingerprint density at radius 2 is 2.00 bits per heavy atom. The van der Waals surface area contributed by atoms with Crippen LogP contribution in [0.3, 0.4) is 0 Å². The summed E-state index contributed by atoms with van der Waals surface area (Å²) in [6.07, 6.45) is 0. The van der Waals surface area contributed by atoms with Crippen molar-refractivity contribution in [2.75, 3.05) is 5.73 Å². The van der Waals surface area contributed by atoms with Crippen molar-refractivity contribution >= 4 is 27.6 Å². The third-order valence-corrected chi connectivity index (χ3v) is 3.61. The average molecular weight is 356 g/mol. The van der Waals surface area contributed by atoms with Gasteiger partial charge in [0, 0.05) is 5.69 Å². The number of nitrogen functional groups attached to an aromatic ring is 1. The molecule has 0 unspecified atom stereocenters. The van der Waals surface area contributed by atoms with E-state index >= 15 is 0 Å². The molecule has 110 valence electrons. The molecule has 0 atom stereocenters. The highest BCUT2D eigenvalue weighted by atomic mass is 79.9. The number of rotatable bonds is 3. The van der Waals surface area contributed by atoms with E-state index in [1.54, 1.807) is 19.1 Å². The molecule has 2 aromatic rings. The Morgan fingerprint density at radius 1 is 1.29 bits per heavy atom. The maximum Gasteiger partial charge on any atom is 0.338 e. The Hall–Kier alpha value is -1.95. The number of benzene rings is 2. The molecule has 0 saturated carbocycles. The van der Waals surface area contributed by atoms with E-state index in [4.69, 9.17) is 10.5 Å². The lowest BCUT2D eigenvalue weighted by molar-refractivity contribution is 0.0464. The number of hydrogen-bond acceptors (Lipinski definition) is 3. The summed E-state index contributed by atoms with van der Waals surface area (Å²) in [6.45, 7) is 1.31. The SMILES string of the molecule is Cc1ccc(C(=O)OCc2c(F)ccc(Br)c2F)cc1N. The van der Waals surface area contributed by atoms with E-state index in [9.17, 15) is 13.6 Å². The smallest absolute Gasteiger partial charge is 0.338 e.